The monoisotopic (exact) mass is 435 g/mol. The molecule has 0 saturated heterocycles. The van der Waals surface area contributed by atoms with Gasteiger partial charge in [0.2, 0.25) is 0 Å². The number of rotatable bonds is 4. The van der Waals surface area contributed by atoms with Crippen LogP contribution >= 0.6 is 0 Å². The van der Waals surface area contributed by atoms with Crippen LogP contribution in [0.4, 0.5) is 5.69 Å². The second-order valence-electron chi connectivity index (χ2n) is 7.52. The highest BCUT2D eigenvalue weighted by atomic mass is 32.2. The van der Waals surface area contributed by atoms with Crippen LogP contribution in [0.3, 0.4) is 0 Å². The molecule has 0 atom stereocenters. The van der Waals surface area contributed by atoms with Crippen molar-refractivity contribution in [1.82, 2.24) is 9.97 Å². The quantitative estimate of drug-likeness (QED) is 0.425. The molecule has 4 rings (SSSR count). The lowest BCUT2D eigenvalue weighted by molar-refractivity contribution is 0.600. The number of H-pyrrole nitrogens is 2. The number of aromatic nitrogens is 2. The van der Waals surface area contributed by atoms with Crippen molar-refractivity contribution in [1.29, 1.82) is 0 Å². The highest BCUT2D eigenvalue weighted by Crippen LogP contribution is 2.29. The van der Waals surface area contributed by atoms with Crippen LogP contribution in [-0.4, -0.2) is 18.4 Å². The molecule has 158 valence electrons. The second kappa shape index (κ2) is 7.55. The van der Waals surface area contributed by atoms with Gasteiger partial charge in [-0.2, -0.15) is 0 Å². The van der Waals surface area contributed by atoms with Crippen molar-refractivity contribution in [3.05, 3.63) is 92.0 Å². The second-order valence-corrected chi connectivity index (χ2v) is 9.17. The first kappa shape index (κ1) is 20.6. The number of aryl methyl sites for hydroxylation is 3. The molecule has 0 bridgehead atoms. The molecule has 7 nitrogen and oxygen atoms in total. The summed E-state index contributed by atoms with van der Waals surface area (Å²) in [5.74, 6) is 0. The lowest BCUT2D eigenvalue weighted by Crippen LogP contribution is -2.29. The Kier molecular flexibility index (Phi) is 5.02. The average Bonchev–Trinajstić information content (AvgIpc) is 2.69. The van der Waals surface area contributed by atoms with Crippen LogP contribution in [0.1, 0.15) is 16.7 Å². The van der Waals surface area contributed by atoms with Crippen LogP contribution in [0.2, 0.25) is 0 Å². The van der Waals surface area contributed by atoms with E-state index in [-0.39, 0.29) is 10.4 Å². The molecule has 3 N–H and O–H groups in total. The third kappa shape index (κ3) is 3.89. The Hall–Kier alpha value is -3.65. The molecular weight excluding hydrogens is 414 g/mol. The third-order valence-electron chi connectivity index (χ3n) is 5.21. The molecule has 4 aromatic rings. The minimum Gasteiger partial charge on any atom is -0.316 e. The molecule has 0 fully saturated rings. The van der Waals surface area contributed by atoms with Crippen molar-refractivity contribution in [3.63, 3.8) is 0 Å². The molecule has 8 heteroatoms. The zero-order chi connectivity index (χ0) is 22.3. The van der Waals surface area contributed by atoms with E-state index in [1.807, 2.05) is 44.2 Å². The molecule has 0 unspecified atom stereocenters. The normalized spacial score (nSPS) is 11.6. The van der Waals surface area contributed by atoms with Crippen molar-refractivity contribution in [2.45, 2.75) is 25.7 Å². The first-order valence-corrected chi connectivity index (χ1v) is 11.1. The Balaban J connectivity index is 1.69. The van der Waals surface area contributed by atoms with Crippen LogP contribution in [0.25, 0.3) is 22.2 Å². The summed E-state index contributed by atoms with van der Waals surface area (Å²) in [4.78, 5) is 28.0. The molecule has 3 aromatic carbocycles. The van der Waals surface area contributed by atoms with Gasteiger partial charge in [-0.05, 0) is 72.9 Å². The topological polar surface area (TPSA) is 112 Å². The minimum atomic E-state index is -3.92. The van der Waals surface area contributed by atoms with E-state index in [1.165, 1.54) is 12.1 Å². The lowest BCUT2D eigenvalue weighted by atomic mass is 9.96. The first-order chi connectivity index (χ1) is 14.7. The standard InChI is InChI=1S/C23H21N3O4S/c1-13-5-4-6-14(2)21(13)16-7-9-17(10-8-16)26-31(29,30)20-12-19-18(11-15(20)3)24-22(27)23(28)25-19/h4-12,26H,1-3H3,(H,24,27)(H,25,28). The summed E-state index contributed by atoms with van der Waals surface area (Å²) in [6.45, 7) is 5.71. The molecule has 1 aromatic heterocycles. The number of aromatic amines is 2. The van der Waals surface area contributed by atoms with E-state index in [0.717, 1.165) is 22.3 Å². The highest BCUT2D eigenvalue weighted by molar-refractivity contribution is 7.92. The van der Waals surface area contributed by atoms with Gasteiger partial charge in [-0.15, -0.1) is 0 Å². The van der Waals surface area contributed by atoms with Crippen molar-refractivity contribution in [3.8, 4) is 11.1 Å². The van der Waals surface area contributed by atoms with Gasteiger partial charge in [0.1, 0.15) is 0 Å². The van der Waals surface area contributed by atoms with Crippen molar-refractivity contribution in [2.75, 3.05) is 4.72 Å². The summed E-state index contributed by atoms with van der Waals surface area (Å²) < 4.78 is 28.6. The molecule has 31 heavy (non-hydrogen) atoms. The highest BCUT2D eigenvalue weighted by Gasteiger charge is 2.19. The molecule has 0 saturated carbocycles. The molecule has 0 aliphatic heterocycles. The van der Waals surface area contributed by atoms with Crippen LogP contribution < -0.4 is 15.8 Å². The molecular formula is C23H21N3O4S. The first-order valence-electron chi connectivity index (χ1n) is 9.62. The Morgan fingerprint density at radius 2 is 1.29 bits per heavy atom. The van der Waals surface area contributed by atoms with E-state index in [2.05, 4.69) is 14.7 Å². The Morgan fingerprint density at radius 3 is 1.87 bits per heavy atom. The maximum atomic E-state index is 13.0. The van der Waals surface area contributed by atoms with E-state index >= 15 is 0 Å². The van der Waals surface area contributed by atoms with E-state index in [1.54, 1.807) is 19.1 Å². The number of hydrogen-bond acceptors (Lipinski definition) is 4. The zero-order valence-electron chi connectivity index (χ0n) is 17.2. The fourth-order valence-corrected chi connectivity index (χ4v) is 5.04. The predicted octanol–water partition coefficient (Wildman–Crippen LogP) is 3.61. The lowest BCUT2D eigenvalue weighted by Gasteiger charge is -2.13. The van der Waals surface area contributed by atoms with Crippen LogP contribution in [0.5, 0.6) is 0 Å². The Morgan fingerprint density at radius 1 is 0.742 bits per heavy atom. The average molecular weight is 436 g/mol. The molecule has 0 aliphatic rings. The Bertz CT molecular complexity index is 1510. The minimum absolute atomic E-state index is 0.0153. The van der Waals surface area contributed by atoms with Gasteiger partial charge in [-0.25, -0.2) is 8.42 Å². The number of anilines is 1. The summed E-state index contributed by atoms with van der Waals surface area (Å²) in [5, 5.41) is 0. The van der Waals surface area contributed by atoms with Crippen molar-refractivity contribution < 1.29 is 8.42 Å². The molecule has 0 spiro atoms. The van der Waals surface area contributed by atoms with Gasteiger partial charge in [0, 0.05) is 5.69 Å². The van der Waals surface area contributed by atoms with E-state index in [0.29, 0.717) is 16.8 Å². The summed E-state index contributed by atoms with van der Waals surface area (Å²) in [6, 6.07) is 16.1. The van der Waals surface area contributed by atoms with Gasteiger partial charge in [0.15, 0.2) is 0 Å². The van der Waals surface area contributed by atoms with Gasteiger partial charge in [0.05, 0.1) is 15.9 Å². The number of sulfonamides is 1. The van der Waals surface area contributed by atoms with Gasteiger partial charge in [-0.3, -0.25) is 14.3 Å². The van der Waals surface area contributed by atoms with Gasteiger partial charge < -0.3 is 9.97 Å². The summed E-state index contributed by atoms with van der Waals surface area (Å²) in [7, 11) is -3.92. The maximum Gasteiger partial charge on any atom is 0.314 e. The fourth-order valence-electron chi connectivity index (χ4n) is 3.73. The van der Waals surface area contributed by atoms with Crippen molar-refractivity contribution >= 4 is 26.7 Å². The zero-order valence-corrected chi connectivity index (χ0v) is 18.1. The van der Waals surface area contributed by atoms with E-state index < -0.39 is 21.1 Å². The molecule has 1 heterocycles. The van der Waals surface area contributed by atoms with E-state index in [4.69, 9.17) is 0 Å². The van der Waals surface area contributed by atoms with Gasteiger partial charge >= 0.3 is 11.1 Å². The summed E-state index contributed by atoms with van der Waals surface area (Å²) in [5.41, 5.74) is 4.25. The SMILES string of the molecule is Cc1cc2[nH]c(=O)c(=O)[nH]c2cc1S(=O)(=O)Nc1ccc(-c2c(C)cccc2C)cc1. The number of fused-ring (bicyclic) bond motifs is 1. The number of benzene rings is 3. The number of nitrogens with one attached hydrogen (secondary N) is 3. The third-order valence-corrected chi connectivity index (χ3v) is 6.74. The van der Waals surface area contributed by atoms with E-state index in [9.17, 15) is 18.0 Å². The van der Waals surface area contributed by atoms with Gasteiger partial charge in [0.25, 0.3) is 10.0 Å². The number of hydrogen-bond donors (Lipinski definition) is 3. The van der Waals surface area contributed by atoms with Crippen molar-refractivity contribution in [2.24, 2.45) is 0 Å². The summed E-state index contributed by atoms with van der Waals surface area (Å²) >= 11 is 0. The van der Waals surface area contributed by atoms with Crippen LogP contribution in [-0.2, 0) is 10.0 Å². The smallest absolute Gasteiger partial charge is 0.314 e. The predicted molar refractivity (Wildman–Crippen MR) is 122 cm³/mol. The maximum absolute atomic E-state index is 13.0. The largest absolute Gasteiger partial charge is 0.316 e. The Labute approximate surface area is 178 Å². The molecule has 0 amide bonds. The van der Waals surface area contributed by atoms with Gasteiger partial charge in [-0.1, -0.05) is 30.3 Å². The molecule has 0 aliphatic carbocycles. The van der Waals surface area contributed by atoms with Crippen LogP contribution in [0.15, 0.2) is 69.1 Å². The fraction of sp³-hybridized carbons (Fsp3) is 0.130. The summed E-state index contributed by atoms with van der Waals surface area (Å²) in [6.07, 6.45) is 0. The molecule has 0 radical (unpaired) electrons. The van der Waals surface area contributed by atoms with Crippen LogP contribution in [0, 0.1) is 20.8 Å².